The van der Waals surface area contributed by atoms with E-state index in [2.05, 4.69) is 15.0 Å². The molecule has 0 bridgehead atoms. The largest absolute Gasteiger partial charge is 0.497 e. The fourth-order valence-electron chi connectivity index (χ4n) is 2.70. The Balaban J connectivity index is 2.45. The van der Waals surface area contributed by atoms with E-state index in [0.717, 1.165) is 6.33 Å². The number of rotatable bonds is 7. The summed E-state index contributed by atoms with van der Waals surface area (Å²) in [6, 6.07) is 4.30. The summed E-state index contributed by atoms with van der Waals surface area (Å²) in [5.41, 5.74) is -0.639. The Bertz CT molecular complexity index is 970. The molecule has 1 heterocycles. The van der Waals surface area contributed by atoms with E-state index in [-0.39, 0.29) is 16.9 Å². The molecular weight excluding hydrogens is 448 g/mol. The molecule has 1 amide bonds. The van der Waals surface area contributed by atoms with Crippen molar-refractivity contribution in [2.24, 2.45) is 0 Å². The Labute approximate surface area is 178 Å². The van der Waals surface area contributed by atoms with E-state index in [0.29, 0.717) is 18.7 Å². The van der Waals surface area contributed by atoms with Crippen LogP contribution in [0.1, 0.15) is 39.9 Å². The van der Waals surface area contributed by atoms with Crippen LogP contribution in [0.2, 0.25) is 0 Å². The average Bonchev–Trinajstić information content (AvgIpc) is 3.09. The van der Waals surface area contributed by atoms with Crippen molar-refractivity contribution in [3.8, 4) is 11.4 Å². The number of imidazole rings is 1. The summed E-state index contributed by atoms with van der Waals surface area (Å²) in [6.45, 7) is 3.42. The van der Waals surface area contributed by atoms with Crippen LogP contribution in [0.15, 0.2) is 24.5 Å². The standard InChI is InChI=1S/C19H19F6N3O4/c1-4-7-26-15(29)12-8-11(31-3)5-6-13(12)28-9-27-14(10(28)2)16(30)32-17(18(20,21)22)19(23,24)25/h5-6,8-9,17H,4,7H2,1-3H3,(H,26,29). The number of hydrogen-bond acceptors (Lipinski definition) is 5. The summed E-state index contributed by atoms with van der Waals surface area (Å²) in [4.78, 5) is 28.2. The van der Waals surface area contributed by atoms with Crippen LogP contribution in [-0.4, -0.2) is 53.5 Å². The molecule has 1 aromatic carbocycles. The minimum absolute atomic E-state index is 0.0849. The van der Waals surface area contributed by atoms with Crippen molar-refractivity contribution in [3.05, 3.63) is 41.5 Å². The van der Waals surface area contributed by atoms with Gasteiger partial charge < -0.3 is 19.4 Å². The molecule has 32 heavy (non-hydrogen) atoms. The third kappa shape index (κ3) is 5.51. The molecule has 0 saturated carbocycles. The molecule has 0 spiro atoms. The van der Waals surface area contributed by atoms with Crippen molar-refractivity contribution in [1.29, 1.82) is 0 Å². The molecule has 13 heteroatoms. The SMILES string of the molecule is CCCNC(=O)c1cc(OC)ccc1-n1cnc(C(=O)OC(C(F)(F)F)C(F)(F)F)c1C. The number of nitrogens with zero attached hydrogens (tertiary/aromatic N) is 2. The van der Waals surface area contributed by atoms with Gasteiger partial charge >= 0.3 is 18.3 Å². The minimum atomic E-state index is -5.86. The number of carbonyl (C=O) groups is 2. The fraction of sp³-hybridized carbons (Fsp3) is 0.421. The van der Waals surface area contributed by atoms with Crippen molar-refractivity contribution in [2.45, 2.75) is 38.7 Å². The monoisotopic (exact) mass is 467 g/mol. The molecule has 176 valence electrons. The maximum atomic E-state index is 12.7. The van der Waals surface area contributed by atoms with E-state index in [1.54, 1.807) is 0 Å². The van der Waals surface area contributed by atoms with Gasteiger partial charge in [0.25, 0.3) is 12.0 Å². The number of aromatic nitrogens is 2. The summed E-state index contributed by atoms with van der Waals surface area (Å²) in [5.74, 6) is -2.09. The lowest BCUT2D eigenvalue weighted by Crippen LogP contribution is -2.45. The number of nitrogens with one attached hydrogen (secondary N) is 1. The number of carbonyl (C=O) groups excluding carboxylic acids is 2. The lowest BCUT2D eigenvalue weighted by Gasteiger charge is -2.22. The number of benzene rings is 1. The maximum absolute atomic E-state index is 12.7. The summed E-state index contributed by atoms with van der Waals surface area (Å²) in [7, 11) is 1.37. The van der Waals surface area contributed by atoms with Crippen LogP contribution in [0.5, 0.6) is 5.75 Å². The summed E-state index contributed by atoms with van der Waals surface area (Å²) < 4.78 is 86.2. The second-order valence-corrected chi connectivity index (χ2v) is 6.56. The van der Waals surface area contributed by atoms with Gasteiger partial charge in [0, 0.05) is 6.54 Å². The molecule has 1 aromatic heterocycles. The van der Waals surface area contributed by atoms with Crippen molar-refractivity contribution in [3.63, 3.8) is 0 Å². The second kappa shape index (κ2) is 9.49. The highest BCUT2D eigenvalue weighted by atomic mass is 19.4. The molecule has 0 aliphatic carbocycles. The molecule has 0 radical (unpaired) electrons. The molecule has 1 N–H and O–H groups in total. The Kier molecular flexibility index (Phi) is 7.42. The first-order valence-corrected chi connectivity index (χ1v) is 9.16. The molecule has 2 rings (SSSR count). The number of esters is 1. The van der Waals surface area contributed by atoms with Crippen LogP contribution in [0.3, 0.4) is 0 Å². The average molecular weight is 467 g/mol. The predicted molar refractivity (Wildman–Crippen MR) is 98.8 cm³/mol. The third-order valence-electron chi connectivity index (χ3n) is 4.26. The minimum Gasteiger partial charge on any atom is -0.497 e. The highest BCUT2D eigenvalue weighted by Crippen LogP contribution is 2.36. The lowest BCUT2D eigenvalue weighted by atomic mass is 10.1. The van der Waals surface area contributed by atoms with Crippen LogP contribution >= 0.6 is 0 Å². The number of alkyl halides is 6. The van der Waals surface area contributed by atoms with Crippen molar-refractivity contribution in [2.75, 3.05) is 13.7 Å². The number of methoxy groups -OCH3 is 1. The van der Waals surface area contributed by atoms with E-state index in [1.165, 1.54) is 36.8 Å². The first kappa shape index (κ1) is 25.0. The molecular formula is C19H19F6N3O4. The van der Waals surface area contributed by atoms with Crippen molar-refractivity contribution < 1.29 is 45.4 Å². The van der Waals surface area contributed by atoms with Crippen LogP contribution in [0.4, 0.5) is 26.3 Å². The zero-order chi connectivity index (χ0) is 24.3. The number of hydrogen-bond donors (Lipinski definition) is 1. The van der Waals surface area contributed by atoms with Gasteiger partial charge in [0.2, 0.25) is 0 Å². The third-order valence-corrected chi connectivity index (χ3v) is 4.26. The first-order valence-electron chi connectivity index (χ1n) is 9.16. The van der Waals surface area contributed by atoms with Gasteiger partial charge in [-0.15, -0.1) is 0 Å². The van der Waals surface area contributed by atoms with E-state index in [1.807, 2.05) is 6.92 Å². The van der Waals surface area contributed by atoms with E-state index in [9.17, 15) is 35.9 Å². The second-order valence-electron chi connectivity index (χ2n) is 6.56. The van der Waals surface area contributed by atoms with Crippen LogP contribution in [-0.2, 0) is 4.74 Å². The molecule has 0 aliphatic rings. The van der Waals surface area contributed by atoms with Gasteiger partial charge in [0.05, 0.1) is 24.1 Å². The Morgan fingerprint density at radius 1 is 1.16 bits per heavy atom. The zero-order valence-corrected chi connectivity index (χ0v) is 17.1. The number of amides is 1. The van der Waals surface area contributed by atoms with Gasteiger partial charge in [-0.3, -0.25) is 4.79 Å². The smallest absolute Gasteiger partial charge is 0.434 e. The van der Waals surface area contributed by atoms with Gasteiger partial charge in [-0.25, -0.2) is 9.78 Å². The van der Waals surface area contributed by atoms with E-state index >= 15 is 0 Å². The van der Waals surface area contributed by atoms with Gasteiger partial charge in [0.15, 0.2) is 5.69 Å². The van der Waals surface area contributed by atoms with Crippen LogP contribution in [0.25, 0.3) is 5.69 Å². The van der Waals surface area contributed by atoms with Gasteiger partial charge in [0.1, 0.15) is 12.1 Å². The van der Waals surface area contributed by atoms with Crippen LogP contribution in [0, 0.1) is 6.92 Å². The molecule has 2 aromatic rings. The number of halogens is 6. The number of ether oxygens (including phenoxy) is 2. The zero-order valence-electron chi connectivity index (χ0n) is 17.1. The van der Waals surface area contributed by atoms with E-state index < -0.39 is 36.0 Å². The summed E-state index contributed by atoms with van der Waals surface area (Å²) in [6.07, 6.45) is -14.4. The molecule has 7 nitrogen and oxygen atoms in total. The molecule has 0 saturated heterocycles. The van der Waals surface area contributed by atoms with Gasteiger partial charge in [-0.2, -0.15) is 26.3 Å². The highest BCUT2D eigenvalue weighted by Gasteiger charge is 2.60. The molecule has 0 aliphatic heterocycles. The van der Waals surface area contributed by atoms with Crippen molar-refractivity contribution in [1.82, 2.24) is 14.9 Å². The summed E-state index contributed by atoms with van der Waals surface area (Å²) in [5, 5.41) is 2.65. The highest BCUT2D eigenvalue weighted by molar-refractivity contribution is 5.98. The Morgan fingerprint density at radius 2 is 1.78 bits per heavy atom. The maximum Gasteiger partial charge on any atom is 0.434 e. The summed E-state index contributed by atoms with van der Waals surface area (Å²) >= 11 is 0. The van der Waals surface area contributed by atoms with Crippen molar-refractivity contribution >= 4 is 11.9 Å². The predicted octanol–water partition coefficient (Wildman–Crippen LogP) is 3.98. The topological polar surface area (TPSA) is 82.5 Å². The lowest BCUT2D eigenvalue weighted by molar-refractivity contribution is -0.307. The first-order chi connectivity index (χ1) is 14.8. The molecule has 0 fully saturated rings. The quantitative estimate of drug-likeness (QED) is 0.492. The Morgan fingerprint density at radius 3 is 2.31 bits per heavy atom. The van der Waals surface area contributed by atoms with E-state index in [4.69, 9.17) is 4.74 Å². The molecule has 0 atom stereocenters. The van der Waals surface area contributed by atoms with Crippen LogP contribution < -0.4 is 10.1 Å². The molecule has 0 unspecified atom stereocenters. The normalized spacial score (nSPS) is 12.1. The van der Waals surface area contributed by atoms with Gasteiger partial charge in [-0.1, -0.05) is 6.92 Å². The fourth-order valence-corrected chi connectivity index (χ4v) is 2.70. The Hall–Kier alpha value is -3.25. The van der Waals surface area contributed by atoms with Gasteiger partial charge in [-0.05, 0) is 31.5 Å².